The summed E-state index contributed by atoms with van der Waals surface area (Å²) in [6.45, 7) is 4.55. The van der Waals surface area contributed by atoms with Gasteiger partial charge in [0.25, 0.3) is 0 Å². The van der Waals surface area contributed by atoms with E-state index in [1.54, 1.807) is 14.2 Å². The molecule has 1 aliphatic heterocycles. The number of ether oxygens (including phenoxy) is 2. The van der Waals surface area contributed by atoms with E-state index >= 15 is 0 Å². The van der Waals surface area contributed by atoms with E-state index in [2.05, 4.69) is 55.6 Å². The van der Waals surface area contributed by atoms with Gasteiger partial charge < -0.3 is 25.0 Å². The van der Waals surface area contributed by atoms with Crippen molar-refractivity contribution in [1.82, 2.24) is 10.3 Å². The summed E-state index contributed by atoms with van der Waals surface area (Å²) in [5, 5.41) is 6.86. The summed E-state index contributed by atoms with van der Waals surface area (Å²) in [6, 6.07) is 9.96. The van der Waals surface area contributed by atoms with Crippen molar-refractivity contribution in [1.29, 1.82) is 0 Å². The SMILES string of the molecule is CCC(C)(CCCC1=CCc2ccc(Nc3ccc(OC)c(OC)c3)nc2N1C)NC. The largest absolute Gasteiger partial charge is 0.493 e. The van der Waals surface area contributed by atoms with Crippen LogP contribution in [-0.4, -0.2) is 38.8 Å². The lowest BCUT2D eigenvalue weighted by atomic mass is 9.91. The minimum Gasteiger partial charge on any atom is -0.493 e. The van der Waals surface area contributed by atoms with E-state index in [1.165, 1.54) is 11.3 Å². The lowest BCUT2D eigenvalue weighted by molar-refractivity contribution is 0.336. The average Bonchev–Trinajstić information content (AvgIpc) is 2.80. The Kier molecular flexibility index (Phi) is 7.44. The molecule has 0 aliphatic carbocycles. The fourth-order valence-corrected chi connectivity index (χ4v) is 3.97. The molecular weight excluding hydrogens is 388 g/mol. The second-order valence-electron chi connectivity index (χ2n) is 8.35. The van der Waals surface area contributed by atoms with Crippen molar-refractivity contribution >= 4 is 17.3 Å². The predicted molar refractivity (Wildman–Crippen MR) is 129 cm³/mol. The molecule has 6 nitrogen and oxygen atoms in total. The standard InChI is InChI=1S/C25H36N4O2/c1-7-25(2,26-3)16-8-9-20-13-10-18-11-15-23(28-24(18)29(20)4)27-19-12-14-21(30-5)22(17-19)31-6/h11-15,17,26H,7-10,16H2,1-6H3,(H,27,28). The summed E-state index contributed by atoms with van der Waals surface area (Å²) < 4.78 is 10.7. The van der Waals surface area contributed by atoms with Crippen LogP contribution in [0.3, 0.4) is 0 Å². The molecule has 1 aromatic carbocycles. The van der Waals surface area contributed by atoms with E-state index in [9.17, 15) is 0 Å². The molecule has 3 rings (SSSR count). The highest BCUT2D eigenvalue weighted by Gasteiger charge is 2.22. The van der Waals surface area contributed by atoms with Gasteiger partial charge in [-0.15, -0.1) is 0 Å². The normalized spacial score (nSPS) is 15.0. The van der Waals surface area contributed by atoms with Gasteiger partial charge in [-0.2, -0.15) is 0 Å². The number of anilines is 3. The van der Waals surface area contributed by atoms with Gasteiger partial charge in [0.05, 0.1) is 14.2 Å². The Morgan fingerprint density at radius 3 is 2.58 bits per heavy atom. The highest BCUT2D eigenvalue weighted by molar-refractivity contribution is 5.65. The molecule has 6 heteroatoms. The molecule has 0 bridgehead atoms. The van der Waals surface area contributed by atoms with Crippen LogP contribution in [0.25, 0.3) is 0 Å². The van der Waals surface area contributed by atoms with Crippen LogP contribution in [0.5, 0.6) is 11.5 Å². The van der Waals surface area contributed by atoms with Gasteiger partial charge in [-0.3, -0.25) is 0 Å². The van der Waals surface area contributed by atoms with Crippen molar-refractivity contribution in [2.24, 2.45) is 0 Å². The number of pyridine rings is 1. The van der Waals surface area contributed by atoms with Crippen molar-refractivity contribution in [3.05, 3.63) is 47.7 Å². The molecule has 0 spiro atoms. The highest BCUT2D eigenvalue weighted by Crippen LogP contribution is 2.33. The van der Waals surface area contributed by atoms with Gasteiger partial charge in [0.2, 0.25) is 0 Å². The van der Waals surface area contributed by atoms with Crippen LogP contribution in [0.2, 0.25) is 0 Å². The quantitative estimate of drug-likeness (QED) is 0.541. The highest BCUT2D eigenvalue weighted by atomic mass is 16.5. The number of nitrogens with zero attached hydrogens (tertiary/aromatic N) is 2. The fourth-order valence-electron chi connectivity index (χ4n) is 3.97. The Bertz CT molecular complexity index is 922. The third kappa shape index (κ3) is 5.31. The van der Waals surface area contributed by atoms with Crippen LogP contribution in [0.4, 0.5) is 17.3 Å². The Morgan fingerprint density at radius 1 is 1.13 bits per heavy atom. The summed E-state index contributed by atoms with van der Waals surface area (Å²) in [5.41, 5.74) is 3.71. The summed E-state index contributed by atoms with van der Waals surface area (Å²) in [6.07, 6.45) is 7.77. The van der Waals surface area contributed by atoms with Gasteiger partial charge in [0.15, 0.2) is 11.5 Å². The number of nitrogens with one attached hydrogen (secondary N) is 2. The van der Waals surface area contributed by atoms with Crippen molar-refractivity contribution in [2.75, 3.05) is 38.5 Å². The molecule has 1 aromatic heterocycles. The second kappa shape index (κ2) is 10.1. The predicted octanol–water partition coefficient (Wildman–Crippen LogP) is 5.28. The van der Waals surface area contributed by atoms with Crippen LogP contribution in [0.1, 0.15) is 45.1 Å². The Hall–Kier alpha value is -2.73. The first-order valence-corrected chi connectivity index (χ1v) is 11.0. The molecule has 1 unspecified atom stereocenters. The monoisotopic (exact) mass is 424 g/mol. The minimum atomic E-state index is 0.209. The maximum absolute atomic E-state index is 5.41. The zero-order chi connectivity index (χ0) is 22.4. The van der Waals surface area contributed by atoms with Gasteiger partial charge in [-0.25, -0.2) is 4.98 Å². The van der Waals surface area contributed by atoms with Gasteiger partial charge in [0.1, 0.15) is 11.6 Å². The molecule has 31 heavy (non-hydrogen) atoms. The molecule has 0 fully saturated rings. The number of aromatic nitrogens is 1. The van der Waals surface area contributed by atoms with Crippen LogP contribution in [0, 0.1) is 0 Å². The lowest BCUT2D eigenvalue weighted by Crippen LogP contribution is -2.38. The number of hydrogen-bond acceptors (Lipinski definition) is 6. The molecule has 1 aliphatic rings. The molecule has 0 amide bonds. The van der Waals surface area contributed by atoms with E-state index in [0.29, 0.717) is 11.5 Å². The fraction of sp³-hybridized carbons (Fsp3) is 0.480. The first-order valence-electron chi connectivity index (χ1n) is 11.0. The number of methoxy groups -OCH3 is 2. The number of rotatable bonds is 10. The van der Waals surface area contributed by atoms with E-state index < -0.39 is 0 Å². The number of hydrogen-bond donors (Lipinski definition) is 2. The minimum absolute atomic E-state index is 0.209. The van der Waals surface area contributed by atoms with Crippen molar-refractivity contribution in [3.8, 4) is 11.5 Å². The van der Waals surface area contributed by atoms with Gasteiger partial charge in [-0.05, 0) is 69.8 Å². The zero-order valence-electron chi connectivity index (χ0n) is 19.7. The van der Waals surface area contributed by atoms with Crippen molar-refractivity contribution < 1.29 is 9.47 Å². The Balaban J connectivity index is 1.70. The topological polar surface area (TPSA) is 58.6 Å². The van der Waals surface area contributed by atoms with E-state index in [1.807, 2.05) is 24.3 Å². The van der Waals surface area contributed by atoms with E-state index in [4.69, 9.17) is 14.5 Å². The molecule has 168 valence electrons. The maximum Gasteiger partial charge on any atom is 0.162 e. The summed E-state index contributed by atoms with van der Waals surface area (Å²) >= 11 is 0. The van der Waals surface area contributed by atoms with E-state index in [0.717, 1.165) is 49.4 Å². The molecule has 0 saturated carbocycles. The second-order valence-corrected chi connectivity index (χ2v) is 8.35. The smallest absolute Gasteiger partial charge is 0.162 e. The molecule has 2 N–H and O–H groups in total. The van der Waals surface area contributed by atoms with Gasteiger partial charge in [0, 0.05) is 30.0 Å². The number of benzene rings is 1. The summed E-state index contributed by atoms with van der Waals surface area (Å²) in [4.78, 5) is 7.15. The Morgan fingerprint density at radius 2 is 1.90 bits per heavy atom. The molecule has 0 radical (unpaired) electrons. The van der Waals surface area contributed by atoms with Gasteiger partial charge >= 0.3 is 0 Å². The van der Waals surface area contributed by atoms with Crippen LogP contribution < -0.4 is 25.0 Å². The zero-order valence-corrected chi connectivity index (χ0v) is 19.7. The average molecular weight is 425 g/mol. The summed E-state index contributed by atoms with van der Waals surface area (Å²) in [7, 11) is 7.45. The third-order valence-electron chi connectivity index (χ3n) is 6.46. The maximum atomic E-state index is 5.41. The summed E-state index contributed by atoms with van der Waals surface area (Å²) in [5.74, 6) is 3.23. The Labute approximate surface area is 186 Å². The van der Waals surface area contributed by atoms with Gasteiger partial charge in [-0.1, -0.05) is 19.1 Å². The molecule has 0 saturated heterocycles. The van der Waals surface area contributed by atoms with E-state index in [-0.39, 0.29) is 5.54 Å². The van der Waals surface area contributed by atoms with Crippen molar-refractivity contribution in [2.45, 2.75) is 51.5 Å². The van der Waals surface area contributed by atoms with Crippen LogP contribution >= 0.6 is 0 Å². The molecule has 2 heterocycles. The number of fused-ring (bicyclic) bond motifs is 1. The molecule has 1 atom stereocenters. The third-order valence-corrected chi connectivity index (χ3v) is 6.46. The lowest BCUT2D eigenvalue weighted by Gasteiger charge is -2.31. The van der Waals surface area contributed by atoms with Crippen LogP contribution in [-0.2, 0) is 6.42 Å². The molecular formula is C25H36N4O2. The molecule has 2 aromatic rings. The van der Waals surface area contributed by atoms with Crippen LogP contribution in [0.15, 0.2) is 42.1 Å². The van der Waals surface area contributed by atoms with Crippen molar-refractivity contribution in [3.63, 3.8) is 0 Å². The first kappa shape index (κ1) is 22.9. The number of allylic oxidation sites excluding steroid dienone is 2. The first-order chi connectivity index (χ1) is 14.9.